The number of hydrogen-bond acceptors (Lipinski definition) is 8. The lowest BCUT2D eigenvalue weighted by Gasteiger charge is -2.00. The molecule has 1 amide bonds. The summed E-state index contributed by atoms with van der Waals surface area (Å²) in [6.07, 6.45) is 1.93. The van der Waals surface area contributed by atoms with E-state index in [9.17, 15) is 4.79 Å². The molecule has 1 N–H and O–H groups in total. The van der Waals surface area contributed by atoms with Crippen LogP contribution in [0, 0.1) is 0 Å². The number of hydrogen-bond donors (Lipinski definition) is 1. The third-order valence-electron chi connectivity index (χ3n) is 2.53. The van der Waals surface area contributed by atoms with Crippen molar-refractivity contribution in [1.29, 1.82) is 0 Å². The quantitative estimate of drug-likeness (QED) is 0.678. The van der Waals surface area contributed by atoms with Crippen molar-refractivity contribution in [1.82, 2.24) is 20.5 Å². The fraction of sp³-hybridized carbons (Fsp3) is 0.538. The van der Waals surface area contributed by atoms with Crippen molar-refractivity contribution in [2.45, 2.75) is 41.1 Å². The summed E-state index contributed by atoms with van der Waals surface area (Å²) in [7, 11) is 0. The highest BCUT2D eigenvalue weighted by atomic mass is 32.2. The zero-order valence-corrected chi connectivity index (χ0v) is 15.8. The highest BCUT2D eigenvalue weighted by molar-refractivity contribution is 8.03. The smallest absolute Gasteiger partial charge is 0.230 e. The molecule has 0 atom stereocenters. The molecule has 2 heterocycles. The Hall–Kier alpha value is -0.640. The zero-order chi connectivity index (χ0) is 15.8. The van der Waals surface area contributed by atoms with Gasteiger partial charge in [-0.1, -0.05) is 48.7 Å². The van der Waals surface area contributed by atoms with Gasteiger partial charge in [-0.2, -0.15) is 0 Å². The van der Waals surface area contributed by atoms with Crippen molar-refractivity contribution in [3.63, 3.8) is 0 Å². The Morgan fingerprint density at radius 3 is 2.73 bits per heavy atom. The van der Waals surface area contributed by atoms with Gasteiger partial charge in [-0.15, -0.1) is 21.5 Å². The van der Waals surface area contributed by atoms with Crippen molar-refractivity contribution in [2.24, 2.45) is 0 Å². The van der Waals surface area contributed by atoms with E-state index in [1.165, 1.54) is 28.1 Å². The minimum absolute atomic E-state index is 0.0471. The summed E-state index contributed by atoms with van der Waals surface area (Å²) in [6, 6.07) is 0. The molecule has 2 rings (SSSR count). The van der Waals surface area contributed by atoms with Crippen LogP contribution >= 0.6 is 46.2 Å². The maximum absolute atomic E-state index is 11.5. The summed E-state index contributed by atoms with van der Waals surface area (Å²) in [5.41, 5.74) is 1.09. The molecule has 0 aliphatic rings. The van der Waals surface area contributed by atoms with Gasteiger partial charge in [0, 0.05) is 17.7 Å². The average Bonchev–Trinajstić information content (AvgIpc) is 3.17. The van der Waals surface area contributed by atoms with E-state index < -0.39 is 0 Å². The molecule has 2 aromatic rings. The maximum Gasteiger partial charge on any atom is 0.230 e. The molecule has 0 spiro atoms. The van der Waals surface area contributed by atoms with Gasteiger partial charge in [-0.25, -0.2) is 4.98 Å². The molecule has 0 unspecified atom stereocenters. The highest BCUT2D eigenvalue weighted by Gasteiger charge is 2.09. The Morgan fingerprint density at radius 1 is 1.27 bits per heavy atom. The average molecular weight is 375 g/mol. The third-order valence-corrected chi connectivity index (χ3v) is 6.80. The summed E-state index contributed by atoms with van der Waals surface area (Å²) in [5.74, 6) is 1.25. The van der Waals surface area contributed by atoms with Crippen molar-refractivity contribution in [2.75, 3.05) is 12.3 Å². The van der Waals surface area contributed by atoms with E-state index in [0.29, 0.717) is 5.75 Å². The van der Waals surface area contributed by atoms with E-state index in [1.807, 2.05) is 6.92 Å². The van der Waals surface area contributed by atoms with E-state index in [2.05, 4.69) is 32.8 Å². The minimum Gasteiger partial charge on any atom is -0.355 e. The first-order chi connectivity index (χ1) is 10.7. The van der Waals surface area contributed by atoms with Crippen molar-refractivity contribution in [3.05, 3.63) is 16.1 Å². The van der Waals surface area contributed by atoms with Crippen molar-refractivity contribution < 1.29 is 4.79 Å². The molecule has 5 nitrogen and oxygen atoms in total. The molecular weight excluding hydrogens is 356 g/mol. The number of nitrogens with one attached hydrogen (secondary N) is 1. The fourth-order valence-electron chi connectivity index (χ4n) is 1.47. The van der Waals surface area contributed by atoms with E-state index in [0.717, 1.165) is 39.5 Å². The van der Waals surface area contributed by atoms with Crippen LogP contribution in [0.25, 0.3) is 0 Å². The second-order valence-corrected chi connectivity index (χ2v) is 8.71. The number of rotatable bonds is 9. The first-order valence-corrected chi connectivity index (χ1v) is 10.7. The van der Waals surface area contributed by atoms with Gasteiger partial charge in [0.1, 0.15) is 0 Å². The Balaban J connectivity index is 1.75. The van der Waals surface area contributed by atoms with Gasteiger partial charge in [0.2, 0.25) is 5.91 Å². The van der Waals surface area contributed by atoms with Gasteiger partial charge >= 0.3 is 0 Å². The predicted octanol–water partition coefficient (Wildman–Crippen LogP) is 3.47. The van der Waals surface area contributed by atoms with E-state index >= 15 is 0 Å². The molecule has 0 radical (unpaired) electrons. The van der Waals surface area contributed by atoms with Crippen LogP contribution in [0.4, 0.5) is 0 Å². The van der Waals surface area contributed by atoms with Gasteiger partial charge in [0.25, 0.3) is 0 Å². The van der Waals surface area contributed by atoms with Crippen LogP contribution in [0.1, 0.15) is 31.0 Å². The standard InChI is InChI=1S/C13H18N4OS4/c1-3-5-14-10(18)8-21-13-17-16-12(22-13)20-7-9-6-19-11(4-2)15-9/h6H,3-5,7-8H2,1-2H3,(H,14,18). The SMILES string of the molecule is CCCNC(=O)CSc1nnc(SCc2csc(CC)n2)s1. The van der Waals surface area contributed by atoms with Crippen LogP contribution in [0.15, 0.2) is 14.1 Å². The van der Waals surface area contributed by atoms with Gasteiger partial charge in [-0.05, 0) is 12.8 Å². The Morgan fingerprint density at radius 2 is 2.05 bits per heavy atom. The highest BCUT2D eigenvalue weighted by Crippen LogP contribution is 2.30. The summed E-state index contributed by atoms with van der Waals surface area (Å²) in [4.78, 5) is 16.1. The number of thiazole rings is 1. The molecule has 0 aliphatic carbocycles. The number of carbonyl (C=O) groups excluding carboxylic acids is 1. The number of amides is 1. The molecule has 0 aromatic carbocycles. The fourth-order valence-corrected chi connectivity index (χ4v) is 5.06. The van der Waals surface area contributed by atoms with Gasteiger partial charge in [-0.3, -0.25) is 4.79 Å². The van der Waals surface area contributed by atoms with Crippen LogP contribution in [-0.2, 0) is 17.0 Å². The summed E-state index contributed by atoms with van der Waals surface area (Å²) in [6.45, 7) is 4.87. The molecule has 9 heteroatoms. The lowest BCUT2D eigenvalue weighted by molar-refractivity contribution is -0.118. The van der Waals surface area contributed by atoms with Crippen LogP contribution in [0.2, 0.25) is 0 Å². The number of aromatic nitrogens is 3. The van der Waals surface area contributed by atoms with Crippen molar-refractivity contribution >= 4 is 52.1 Å². The largest absolute Gasteiger partial charge is 0.355 e. The Labute approximate surface area is 146 Å². The van der Waals surface area contributed by atoms with Crippen LogP contribution < -0.4 is 5.32 Å². The summed E-state index contributed by atoms with van der Waals surface area (Å²) >= 11 is 6.31. The normalized spacial score (nSPS) is 10.8. The van der Waals surface area contributed by atoms with E-state index in [-0.39, 0.29) is 5.91 Å². The second kappa shape index (κ2) is 9.49. The Kier molecular flexibility index (Phi) is 7.64. The summed E-state index contributed by atoms with van der Waals surface area (Å²) in [5, 5.41) is 14.4. The van der Waals surface area contributed by atoms with Crippen LogP contribution in [0.5, 0.6) is 0 Å². The number of thioether (sulfide) groups is 2. The van der Waals surface area contributed by atoms with Crippen LogP contribution in [0.3, 0.4) is 0 Å². The number of nitrogens with zero attached hydrogens (tertiary/aromatic N) is 3. The molecule has 0 saturated heterocycles. The maximum atomic E-state index is 11.5. The monoisotopic (exact) mass is 374 g/mol. The summed E-state index contributed by atoms with van der Waals surface area (Å²) < 4.78 is 1.75. The molecule has 0 bridgehead atoms. The first-order valence-electron chi connectivity index (χ1n) is 7.00. The molecule has 0 saturated carbocycles. The third kappa shape index (κ3) is 5.86. The number of carbonyl (C=O) groups is 1. The predicted molar refractivity (Wildman–Crippen MR) is 95.0 cm³/mol. The molecule has 120 valence electrons. The lowest BCUT2D eigenvalue weighted by atomic mass is 10.5. The molecule has 22 heavy (non-hydrogen) atoms. The topological polar surface area (TPSA) is 67.8 Å². The zero-order valence-electron chi connectivity index (χ0n) is 12.5. The molecule has 0 fully saturated rings. The van der Waals surface area contributed by atoms with Gasteiger partial charge in [0.15, 0.2) is 8.68 Å². The van der Waals surface area contributed by atoms with Gasteiger partial charge in [0.05, 0.1) is 16.5 Å². The number of aryl methyl sites for hydroxylation is 1. The van der Waals surface area contributed by atoms with E-state index in [4.69, 9.17) is 0 Å². The van der Waals surface area contributed by atoms with Crippen LogP contribution in [-0.4, -0.2) is 33.4 Å². The van der Waals surface area contributed by atoms with Gasteiger partial charge < -0.3 is 5.32 Å². The minimum atomic E-state index is 0.0471. The van der Waals surface area contributed by atoms with E-state index in [1.54, 1.807) is 23.1 Å². The lowest BCUT2D eigenvalue weighted by Crippen LogP contribution is -2.25. The molecular formula is C13H18N4OS4. The molecule has 0 aliphatic heterocycles. The Bertz CT molecular complexity index is 598. The molecule has 2 aromatic heterocycles. The second-order valence-electron chi connectivity index (χ2n) is 4.35. The first kappa shape index (κ1) is 17.7. The van der Waals surface area contributed by atoms with Crippen molar-refractivity contribution in [3.8, 4) is 0 Å².